The maximum absolute atomic E-state index is 5.16. The van der Waals surface area contributed by atoms with Crippen molar-refractivity contribution in [3.05, 3.63) is 0 Å². The summed E-state index contributed by atoms with van der Waals surface area (Å²) in [5.41, 5.74) is 0. The minimum atomic E-state index is 0.262. The lowest BCUT2D eigenvalue weighted by molar-refractivity contribution is 0.0295. The van der Waals surface area contributed by atoms with Crippen molar-refractivity contribution in [2.24, 2.45) is 5.90 Å². The van der Waals surface area contributed by atoms with E-state index in [1.54, 1.807) is 0 Å². The number of likely N-dealkylation sites (tertiary alicyclic amines) is 1. The third-order valence-corrected chi connectivity index (χ3v) is 2.35. The Hall–Kier alpha value is -0.120. The van der Waals surface area contributed by atoms with Crippen LogP contribution in [0.3, 0.4) is 0 Å². The van der Waals surface area contributed by atoms with E-state index in [9.17, 15) is 0 Å². The van der Waals surface area contributed by atoms with E-state index in [-0.39, 0.29) is 6.10 Å². The van der Waals surface area contributed by atoms with Gasteiger partial charge in [-0.2, -0.15) is 0 Å². The Bertz CT molecular complexity index is 97.1. The molecule has 3 heteroatoms. The quantitative estimate of drug-likeness (QED) is 0.671. The SMILES string of the molecule is CC.CCN1CCCC[C@H](ON)C1. The van der Waals surface area contributed by atoms with Gasteiger partial charge in [0.2, 0.25) is 0 Å². The number of likely N-dealkylation sites (N-methyl/N-ethyl adjacent to an activating group) is 1. The summed E-state index contributed by atoms with van der Waals surface area (Å²) in [5.74, 6) is 5.16. The molecule has 1 aliphatic rings. The molecular weight excluding hydrogens is 164 g/mol. The van der Waals surface area contributed by atoms with Crippen molar-refractivity contribution >= 4 is 0 Å². The molecule has 0 unspecified atom stereocenters. The molecule has 0 bridgehead atoms. The molecule has 80 valence electrons. The standard InChI is InChI=1S/C8H18N2O.C2H6/c1-2-10-6-4-3-5-8(7-10)11-9;1-2/h8H,2-7,9H2,1H3;1-2H3/t8-;/m0./s1. The zero-order chi connectivity index (χ0) is 10.1. The highest BCUT2D eigenvalue weighted by atomic mass is 16.6. The summed E-state index contributed by atoms with van der Waals surface area (Å²) in [6.45, 7) is 9.50. The van der Waals surface area contributed by atoms with Crippen molar-refractivity contribution in [1.82, 2.24) is 4.90 Å². The van der Waals surface area contributed by atoms with E-state index in [4.69, 9.17) is 10.7 Å². The van der Waals surface area contributed by atoms with E-state index < -0.39 is 0 Å². The highest BCUT2D eigenvalue weighted by Gasteiger charge is 2.16. The van der Waals surface area contributed by atoms with E-state index in [1.807, 2.05) is 13.8 Å². The molecule has 2 N–H and O–H groups in total. The second-order valence-corrected chi connectivity index (χ2v) is 3.15. The minimum absolute atomic E-state index is 0.262. The Morgan fingerprint density at radius 3 is 2.62 bits per heavy atom. The average molecular weight is 188 g/mol. The molecule has 0 aliphatic carbocycles. The fourth-order valence-electron chi connectivity index (χ4n) is 1.58. The third-order valence-electron chi connectivity index (χ3n) is 2.35. The van der Waals surface area contributed by atoms with Crippen LogP contribution in [0.5, 0.6) is 0 Å². The van der Waals surface area contributed by atoms with Crippen molar-refractivity contribution in [3.63, 3.8) is 0 Å². The first-order chi connectivity index (χ1) is 6.36. The lowest BCUT2D eigenvalue weighted by atomic mass is 10.2. The second kappa shape index (κ2) is 8.48. The summed E-state index contributed by atoms with van der Waals surface area (Å²) < 4.78 is 0. The molecule has 0 spiro atoms. The van der Waals surface area contributed by atoms with Gasteiger partial charge in [-0.15, -0.1) is 0 Å². The first-order valence-electron chi connectivity index (χ1n) is 5.44. The van der Waals surface area contributed by atoms with Gasteiger partial charge in [-0.25, -0.2) is 5.90 Å². The highest BCUT2D eigenvalue weighted by Crippen LogP contribution is 2.11. The van der Waals surface area contributed by atoms with Crippen LogP contribution in [0.25, 0.3) is 0 Å². The van der Waals surface area contributed by atoms with Crippen LogP contribution in [0.2, 0.25) is 0 Å². The monoisotopic (exact) mass is 188 g/mol. The van der Waals surface area contributed by atoms with Gasteiger partial charge in [0.15, 0.2) is 0 Å². The molecule has 1 heterocycles. The average Bonchev–Trinajstić information content (AvgIpc) is 2.45. The highest BCUT2D eigenvalue weighted by molar-refractivity contribution is 4.69. The molecule has 0 radical (unpaired) electrons. The molecule has 1 aliphatic heterocycles. The first kappa shape index (κ1) is 12.9. The number of hydrogen-bond acceptors (Lipinski definition) is 3. The minimum Gasteiger partial charge on any atom is -0.301 e. The van der Waals surface area contributed by atoms with E-state index in [0.29, 0.717) is 0 Å². The summed E-state index contributed by atoms with van der Waals surface area (Å²) in [4.78, 5) is 7.25. The molecule has 0 aromatic rings. The van der Waals surface area contributed by atoms with Crippen molar-refractivity contribution < 1.29 is 4.84 Å². The number of rotatable bonds is 2. The largest absolute Gasteiger partial charge is 0.301 e. The van der Waals surface area contributed by atoms with Crippen LogP contribution in [-0.2, 0) is 4.84 Å². The second-order valence-electron chi connectivity index (χ2n) is 3.15. The Balaban J connectivity index is 0.000000671. The molecule has 13 heavy (non-hydrogen) atoms. The Morgan fingerprint density at radius 2 is 2.08 bits per heavy atom. The zero-order valence-electron chi connectivity index (χ0n) is 9.25. The van der Waals surface area contributed by atoms with Crippen LogP contribution >= 0.6 is 0 Å². The fourth-order valence-corrected chi connectivity index (χ4v) is 1.58. The summed E-state index contributed by atoms with van der Waals surface area (Å²) in [6.07, 6.45) is 3.91. The predicted octanol–water partition coefficient (Wildman–Crippen LogP) is 1.78. The van der Waals surface area contributed by atoms with Crippen molar-refractivity contribution in [3.8, 4) is 0 Å². The summed E-state index contributed by atoms with van der Waals surface area (Å²) in [6, 6.07) is 0. The van der Waals surface area contributed by atoms with Crippen LogP contribution in [0, 0.1) is 0 Å². The predicted molar refractivity (Wildman–Crippen MR) is 56.4 cm³/mol. The molecule has 0 saturated carbocycles. The van der Waals surface area contributed by atoms with Gasteiger partial charge < -0.3 is 4.90 Å². The van der Waals surface area contributed by atoms with Gasteiger partial charge in [-0.3, -0.25) is 4.84 Å². The van der Waals surface area contributed by atoms with Crippen molar-refractivity contribution in [2.75, 3.05) is 19.6 Å². The van der Waals surface area contributed by atoms with E-state index in [2.05, 4.69) is 11.8 Å². The lowest BCUT2D eigenvalue weighted by Gasteiger charge is -2.20. The maximum Gasteiger partial charge on any atom is 0.0913 e. The van der Waals surface area contributed by atoms with E-state index in [0.717, 1.165) is 19.5 Å². The summed E-state index contributed by atoms with van der Waals surface area (Å²) in [5, 5.41) is 0. The molecule has 1 fully saturated rings. The Kier molecular flexibility index (Phi) is 8.40. The van der Waals surface area contributed by atoms with Crippen LogP contribution in [0.15, 0.2) is 0 Å². The molecule has 0 amide bonds. The molecular formula is C10H24N2O. The number of nitrogens with zero attached hydrogens (tertiary/aromatic N) is 1. The van der Waals surface area contributed by atoms with Gasteiger partial charge in [-0.05, 0) is 32.4 Å². The third kappa shape index (κ3) is 5.24. The van der Waals surface area contributed by atoms with Gasteiger partial charge >= 0.3 is 0 Å². The molecule has 3 nitrogen and oxygen atoms in total. The van der Waals surface area contributed by atoms with Gasteiger partial charge in [0.05, 0.1) is 6.10 Å². The first-order valence-corrected chi connectivity index (χ1v) is 5.44. The van der Waals surface area contributed by atoms with Gasteiger partial charge in [-0.1, -0.05) is 20.8 Å². The van der Waals surface area contributed by atoms with Gasteiger partial charge in [0, 0.05) is 6.54 Å². The zero-order valence-corrected chi connectivity index (χ0v) is 9.25. The maximum atomic E-state index is 5.16. The summed E-state index contributed by atoms with van der Waals surface area (Å²) in [7, 11) is 0. The number of nitrogens with two attached hydrogens (primary N) is 1. The summed E-state index contributed by atoms with van der Waals surface area (Å²) >= 11 is 0. The van der Waals surface area contributed by atoms with Crippen LogP contribution < -0.4 is 5.90 Å². The van der Waals surface area contributed by atoms with Crippen LogP contribution in [0.1, 0.15) is 40.0 Å². The van der Waals surface area contributed by atoms with Gasteiger partial charge in [0.25, 0.3) is 0 Å². The fraction of sp³-hybridized carbons (Fsp3) is 1.00. The van der Waals surface area contributed by atoms with Crippen molar-refractivity contribution in [2.45, 2.75) is 46.1 Å². The van der Waals surface area contributed by atoms with Crippen LogP contribution in [-0.4, -0.2) is 30.6 Å². The Morgan fingerprint density at radius 1 is 1.38 bits per heavy atom. The molecule has 0 aromatic carbocycles. The lowest BCUT2D eigenvalue weighted by Crippen LogP contribution is -2.33. The Labute approximate surface area is 82.2 Å². The molecule has 0 aromatic heterocycles. The molecule has 1 atom stereocenters. The van der Waals surface area contributed by atoms with Crippen molar-refractivity contribution in [1.29, 1.82) is 0 Å². The normalized spacial score (nSPS) is 24.5. The van der Waals surface area contributed by atoms with E-state index >= 15 is 0 Å². The molecule has 1 saturated heterocycles. The topological polar surface area (TPSA) is 38.5 Å². The van der Waals surface area contributed by atoms with E-state index in [1.165, 1.54) is 19.4 Å². The smallest absolute Gasteiger partial charge is 0.0913 e. The molecule has 1 rings (SSSR count). The van der Waals surface area contributed by atoms with Crippen LogP contribution in [0.4, 0.5) is 0 Å². The number of hydrogen-bond donors (Lipinski definition) is 1. The van der Waals surface area contributed by atoms with Gasteiger partial charge in [0.1, 0.15) is 0 Å².